The molecule has 2 atom stereocenters. The first-order chi connectivity index (χ1) is 16.4. The number of pyridine rings is 1. The lowest BCUT2D eigenvalue weighted by Gasteiger charge is -2.36. The third kappa shape index (κ3) is 4.73. The van der Waals surface area contributed by atoms with E-state index >= 15 is 0 Å². The molecule has 0 aliphatic carbocycles. The van der Waals surface area contributed by atoms with Gasteiger partial charge in [-0.05, 0) is 56.3 Å². The van der Waals surface area contributed by atoms with Crippen LogP contribution in [0.5, 0.6) is 0 Å². The lowest BCUT2D eigenvalue weighted by atomic mass is 10.2. The van der Waals surface area contributed by atoms with Crippen molar-refractivity contribution in [3.8, 4) is 11.4 Å². The van der Waals surface area contributed by atoms with Crippen LogP contribution < -0.4 is 10.2 Å². The lowest BCUT2D eigenvalue weighted by molar-refractivity contribution is -0.00545. The summed E-state index contributed by atoms with van der Waals surface area (Å²) in [6, 6.07) is 14.2. The number of aromatic nitrogens is 3. The molecule has 7 nitrogen and oxygen atoms in total. The number of carbonyl (C=O) groups is 1. The van der Waals surface area contributed by atoms with Crippen molar-refractivity contribution in [1.29, 1.82) is 0 Å². The van der Waals surface area contributed by atoms with E-state index in [1.54, 1.807) is 42.6 Å². The van der Waals surface area contributed by atoms with Crippen LogP contribution in [0.4, 0.5) is 11.5 Å². The molecule has 0 bridgehead atoms. The molecular formula is C25H23Cl2N5O2. The van der Waals surface area contributed by atoms with Gasteiger partial charge in [0.15, 0.2) is 0 Å². The van der Waals surface area contributed by atoms with Gasteiger partial charge in [0, 0.05) is 35.4 Å². The molecule has 2 aromatic heterocycles. The predicted octanol–water partition coefficient (Wildman–Crippen LogP) is 5.80. The number of halogens is 2. The summed E-state index contributed by atoms with van der Waals surface area (Å²) in [6.07, 6.45) is 2.14. The largest absolute Gasteiger partial charge is 0.372 e. The Morgan fingerprint density at radius 1 is 1.12 bits per heavy atom. The molecular weight excluding hydrogens is 473 g/mol. The van der Waals surface area contributed by atoms with Gasteiger partial charge < -0.3 is 19.9 Å². The van der Waals surface area contributed by atoms with Crippen LogP contribution in [-0.2, 0) is 4.74 Å². The molecule has 1 aliphatic rings. The molecule has 1 fully saturated rings. The minimum atomic E-state index is -0.300. The highest BCUT2D eigenvalue weighted by molar-refractivity contribution is 6.35. The fraction of sp³-hybridized carbons (Fsp3) is 0.240. The number of amides is 1. The van der Waals surface area contributed by atoms with Gasteiger partial charge in [-0.3, -0.25) is 4.79 Å². The van der Waals surface area contributed by atoms with Crippen molar-refractivity contribution in [2.24, 2.45) is 0 Å². The Kier molecular flexibility index (Phi) is 6.16. The first-order valence-corrected chi connectivity index (χ1v) is 11.7. The Labute approximate surface area is 207 Å². The monoisotopic (exact) mass is 495 g/mol. The maximum absolute atomic E-state index is 12.6. The number of rotatable bonds is 4. The standard InChI is InChI=1S/C25H23Cl2N5O2/c1-14-12-32(13-15(2)34-14)23-7-6-17(11-28-23)24-29-21-9-19(27)20(10-22(21)30-24)31-25(33)16-4-3-5-18(26)8-16/h3-11,14-15H,12-13H2,1-2H3,(H,29,30)(H,31,33). The Bertz CT molecular complexity index is 1350. The summed E-state index contributed by atoms with van der Waals surface area (Å²) in [5.74, 6) is 1.29. The Morgan fingerprint density at radius 3 is 2.62 bits per heavy atom. The zero-order chi connectivity index (χ0) is 23.8. The Morgan fingerprint density at radius 2 is 1.91 bits per heavy atom. The van der Waals surface area contributed by atoms with Crippen LogP contribution in [0.2, 0.25) is 10.0 Å². The molecule has 1 amide bonds. The van der Waals surface area contributed by atoms with Gasteiger partial charge in [0.25, 0.3) is 5.91 Å². The van der Waals surface area contributed by atoms with Gasteiger partial charge in [-0.2, -0.15) is 0 Å². The van der Waals surface area contributed by atoms with Crippen molar-refractivity contribution < 1.29 is 9.53 Å². The second-order valence-corrected chi connectivity index (χ2v) is 9.31. The molecule has 0 spiro atoms. The van der Waals surface area contributed by atoms with Crippen molar-refractivity contribution >= 4 is 51.6 Å². The normalized spacial score (nSPS) is 18.3. The highest BCUT2D eigenvalue weighted by Gasteiger charge is 2.23. The van der Waals surface area contributed by atoms with E-state index in [1.165, 1.54) is 0 Å². The summed E-state index contributed by atoms with van der Waals surface area (Å²) in [4.78, 5) is 27.5. The number of benzene rings is 2. The average molecular weight is 496 g/mol. The van der Waals surface area contributed by atoms with Crippen LogP contribution in [0.25, 0.3) is 22.4 Å². The van der Waals surface area contributed by atoms with Crippen LogP contribution >= 0.6 is 23.2 Å². The predicted molar refractivity (Wildman–Crippen MR) is 136 cm³/mol. The second-order valence-electron chi connectivity index (χ2n) is 8.47. The first kappa shape index (κ1) is 22.7. The van der Waals surface area contributed by atoms with E-state index in [0.717, 1.165) is 30.0 Å². The number of anilines is 2. The molecule has 2 unspecified atom stereocenters. The number of hydrogen-bond acceptors (Lipinski definition) is 5. The maximum atomic E-state index is 12.6. The molecule has 3 heterocycles. The average Bonchev–Trinajstić information content (AvgIpc) is 3.21. The number of nitrogens with one attached hydrogen (secondary N) is 2. The number of aromatic amines is 1. The molecule has 0 radical (unpaired) electrons. The number of morpholine rings is 1. The highest BCUT2D eigenvalue weighted by Crippen LogP contribution is 2.30. The smallest absolute Gasteiger partial charge is 0.255 e. The number of nitrogens with zero attached hydrogens (tertiary/aromatic N) is 3. The van der Waals surface area contributed by atoms with Crippen molar-refractivity contribution in [1.82, 2.24) is 15.0 Å². The lowest BCUT2D eigenvalue weighted by Crippen LogP contribution is -2.45. The van der Waals surface area contributed by atoms with E-state index in [0.29, 0.717) is 32.6 Å². The van der Waals surface area contributed by atoms with Gasteiger partial charge in [-0.1, -0.05) is 29.3 Å². The zero-order valence-electron chi connectivity index (χ0n) is 18.7. The summed E-state index contributed by atoms with van der Waals surface area (Å²) in [5, 5.41) is 3.73. The Balaban J connectivity index is 1.37. The summed E-state index contributed by atoms with van der Waals surface area (Å²) in [7, 11) is 0. The first-order valence-electron chi connectivity index (χ1n) is 11.0. The molecule has 0 saturated carbocycles. The number of imidazole rings is 1. The topological polar surface area (TPSA) is 83.1 Å². The molecule has 4 aromatic rings. The van der Waals surface area contributed by atoms with Gasteiger partial charge in [-0.25, -0.2) is 9.97 Å². The SMILES string of the molecule is CC1CN(c2ccc(-c3nc4cc(NC(=O)c5cccc(Cl)c5)c(Cl)cc4[nH]3)cn2)CC(C)O1. The van der Waals surface area contributed by atoms with Gasteiger partial charge in [0.1, 0.15) is 11.6 Å². The number of H-pyrrole nitrogens is 1. The van der Waals surface area contributed by atoms with Crippen molar-refractivity contribution in [3.63, 3.8) is 0 Å². The molecule has 5 rings (SSSR count). The van der Waals surface area contributed by atoms with Gasteiger partial charge >= 0.3 is 0 Å². The summed E-state index contributed by atoms with van der Waals surface area (Å²) >= 11 is 12.4. The second kappa shape index (κ2) is 9.25. The van der Waals surface area contributed by atoms with Gasteiger partial charge in [0.2, 0.25) is 0 Å². The molecule has 2 N–H and O–H groups in total. The van der Waals surface area contributed by atoms with E-state index in [9.17, 15) is 4.79 Å². The summed E-state index contributed by atoms with van der Waals surface area (Å²) < 4.78 is 5.81. The van der Waals surface area contributed by atoms with Gasteiger partial charge in [-0.15, -0.1) is 0 Å². The van der Waals surface area contributed by atoms with Crippen molar-refractivity contribution in [3.05, 3.63) is 70.3 Å². The minimum absolute atomic E-state index is 0.166. The van der Waals surface area contributed by atoms with Crippen LogP contribution in [0, 0.1) is 0 Å². The fourth-order valence-corrected chi connectivity index (χ4v) is 4.57. The number of hydrogen-bond donors (Lipinski definition) is 2. The van der Waals surface area contributed by atoms with E-state index in [-0.39, 0.29) is 18.1 Å². The maximum Gasteiger partial charge on any atom is 0.255 e. The summed E-state index contributed by atoms with van der Waals surface area (Å²) in [5.41, 5.74) is 3.22. The van der Waals surface area contributed by atoms with Crippen LogP contribution in [0.3, 0.4) is 0 Å². The summed E-state index contributed by atoms with van der Waals surface area (Å²) in [6.45, 7) is 5.76. The zero-order valence-corrected chi connectivity index (χ0v) is 20.2. The molecule has 2 aromatic carbocycles. The van der Waals surface area contributed by atoms with Crippen LogP contribution in [-0.4, -0.2) is 46.2 Å². The molecule has 1 aliphatic heterocycles. The van der Waals surface area contributed by atoms with E-state index in [4.69, 9.17) is 27.9 Å². The third-order valence-electron chi connectivity index (χ3n) is 5.67. The molecule has 174 valence electrons. The fourth-order valence-electron chi connectivity index (χ4n) is 4.17. The van der Waals surface area contributed by atoms with Crippen molar-refractivity contribution in [2.45, 2.75) is 26.1 Å². The number of fused-ring (bicyclic) bond motifs is 1. The van der Waals surface area contributed by atoms with Crippen LogP contribution in [0.15, 0.2) is 54.7 Å². The van der Waals surface area contributed by atoms with Crippen LogP contribution in [0.1, 0.15) is 24.2 Å². The molecule has 1 saturated heterocycles. The highest BCUT2D eigenvalue weighted by atomic mass is 35.5. The Hall–Kier alpha value is -3.13. The number of carbonyl (C=O) groups excluding carboxylic acids is 1. The quantitative estimate of drug-likeness (QED) is 0.373. The number of ether oxygens (including phenoxy) is 1. The van der Waals surface area contributed by atoms with Crippen molar-refractivity contribution in [2.75, 3.05) is 23.3 Å². The van der Waals surface area contributed by atoms with E-state index in [1.807, 2.05) is 12.1 Å². The van der Waals surface area contributed by atoms with Gasteiger partial charge in [0.05, 0.1) is 34.0 Å². The van der Waals surface area contributed by atoms with E-state index < -0.39 is 0 Å². The minimum Gasteiger partial charge on any atom is -0.372 e. The third-order valence-corrected chi connectivity index (χ3v) is 6.22. The molecule has 34 heavy (non-hydrogen) atoms. The van der Waals surface area contributed by atoms with E-state index in [2.05, 4.69) is 39.0 Å². The molecule has 9 heteroatoms.